The molecule has 94 valence electrons. The van der Waals surface area contributed by atoms with Crippen molar-refractivity contribution in [1.82, 2.24) is 0 Å². The Balaban J connectivity index is 2.18. The first-order valence-electron chi connectivity index (χ1n) is 7.23. The standard InChI is InChI=1S/C15H29P/c1-14(2)11-8-12-15(3,4)16(14)13-9-6-5-7-10-13/h13H,5-12H2,1-4H3. The average Bonchev–Trinajstić information content (AvgIpc) is 2.16. The second kappa shape index (κ2) is 4.60. The molecule has 1 saturated carbocycles. The molecule has 0 aromatic heterocycles. The maximum absolute atomic E-state index is 2.56. The summed E-state index contributed by atoms with van der Waals surface area (Å²) in [7, 11) is 0.224. The minimum atomic E-state index is 0.224. The molecule has 2 aliphatic rings. The van der Waals surface area contributed by atoms with Gasteiger partial charge < -0.3 is 0 Å². The minimum absolute atomic E-state index is 0.224. The highest BCUT2D eigenvalue weighted by Crippen LogP contribution is 2.70. The summed E-state index contributed by atoms with van der Waals surface area (Å²) in [6.07, 6.45) is 12.0. The van der Waals surface area contributed by atoms with Crippen molar-refractivity contribution in [2.75, 3.05) is 0 Å². The van der Waals surface area contributed by atoms with Gasteiger partial charge in [-0.2, -0.15) is 0 Å². The van der Waals surface area contributed by atoms with E-state index < -0.39 is 0 Å². The minimum Gasteiger partial charge on any atom is -0.0919 e. The molecule has 1 saturated heterocycles. The van der Waals surface area contributed by atoms with E-state index in [1.54, 1.807) is 12.8 Å². The van der Waals surface area contributed by atoms with E-state index in [1.165, 1.54) is 38.5 Å². The summed E-state index contributed by atoms with van der Waals surface area (Å²) in [5, 5.41) is 1.30. The summed E-state index contributed by atoms with van der Waals surface area (Å²) < 4.78 is 0. The molecule has 0 spiro atoms. The molecular formula is C15H29P. The molecule has 0 aromatic rings. The average molecular weight is 240 g/mol. The van der Waals surface area contributed by atoms with Gasteiger partial charge in [0.05, 0.1) is 0 Å². The Morgan fingerprint density at radius 3 is 1.75 bits per heavy atom. The smallest absolute Gasteiger partial charge is 0.0144 e. The van der Waals surface area contributed by atoms with Crippen LogP contribution in [0.25, 0.3) is 0 Å². The van der Waals surface area contributed by atoms with E-state index in [-0.39, 0.29) is 7.92 Å². The lowest BCUT2D eigenvalue weighted by Crippen LogP contribution is -2.39. The van der Waals surface area contributed by atoms with E-state index in [1.807, 2.05) is 0 Å². The van der Waals surface area contributed by atoms with Gasteiger partial charge in [-0.1, -0.05) is 61.3 Å². The Labute approximate surface area is 103 Å². The maximum atomic E-state index is 2.56. The van der Waals surface area contributed by atoms with Crippen molar-refractivity contribution < 1.29 is 0 Å². The van der Waals surface area contributed by atoms with Crippen molar-refractivity contribution in [2.45, 2.75) is 95.0 Å². The number of hydrogen-bond acceptors (Lipinski definition) is 0. The Morgan fingerprint density at radius 2 is 1.25 bits per heavy atom. The van der Waals surface area contributed by atoms with Gasteiger partial charge in [0.25, 0.3) is 0 Å². The maximum Gasteiger partial charge on any atom is -0.0144 e. The molecule has 1 heteroatoms. The van der Waals surface area contributed by atoms with Crippen LogP contribution in [0.4, 0.5) is 0 Å². The van der Waals surface area contributed by atoms with Gasteiger partial charge in [-0.05, 0) is 41.7 Å². The van der Waals surface area contributed by atoms with Crippen LogP contribution in [0.3, 0.4) is 0 Å². The normalized spacial score (nSPS) is 31.5. The predicted molar refractivity (Wildman–Crippen MR) is 75.8 cm³/mol. The number of rotatable bonds is 1. The monoisotopic (exact) mass is 240 g/mol. The fraction of sp³-hybridized carbons (Fsp3) is 1.00. The molecule has 0 N–H and O–H groups in total. The summed E-state index contributed by atoms with van der Waals surface area (Å²) in [5.74, 6) is 0. The van der Waals surface area contributed by atoms with Crippen molar-refractivity contribution in [2.24, 2.45) is 0 Å². The second-order valence-electron chi connectivity index (χ2n) is 7.14. The van der Waals surface area contributed by atoms with Gasteiger partial charge in [-0.15, -0.1) is 0 Å². The van der Waals surface area contributed by atoms with Gasteiger partial charge in [-0.3, -0.25) is 0 Å². The van der Waals surface area contributed by atoms with Gasteiger partial charge in [0, 0.05) is 0 Å². The summed E-state index contributed by atoms with van der Waals surface area (Å²) in [6, 6.07) is 0. The number of hydrogen-bond donors (Lipinski definition) is 0. The van der Waals surface area contributed by atoms with E-state index in [0.717, 1.165) is 5.66 Å². The van der Waals surface area contributed by atoms with Crippen molar-refractivity contribution in [3.63, 3.8) is 0 Å². The zero-order chi connectivity index (χ0) is 11.8. The van der Waals surface area contributed by atoms with Crippen LogP contribution >= 0.6 is 7.92 Å². The highest BCUT2D eigenvalue weighted by molar-refractivity contribution is 7.61. The lowest BCUT2D eigenvalue weighted by Gasteiger charge is -2.54. The lowest BCUT2D eigenvalue weighted by atomic mass is 9.97. The van der Waals surface area contributed by atoms with Crippen molar-refractivity contribution in [3.8, 4) is 0 Å². The fourth-order valence-electron chi connectivity index (χ4n) is 4.34. The van der Waals surface area contributed by atoms with Crippen molar-refractivity contribution in [3.05, 3.63) is 0 Å². The SMILES string of the molecule is CC1(C)CCCC(C)(C)P1C1CCCCC1. The van der Waals surface area contributed by atoms with E-state index in [4.69, 9.17) is 0 Å². The molecule has 2 fully saturated rings. The first kappa shape index (κ1) is 12.9. The van der Waals surface area contributed by atoms with Gasteiger partial charge in [0.2, 0.25) is 0 Å². The molecule has 16 heavy (non-hydrogen) atoms. The molecule has 0 atom stereocenters. The third-order valence-corrected chi connectivity index (χ3v) is 9.12. The lowest BCUT2D eigenvalue weighted by molar-refractivity contribution is 0.436. The molecule has 0 aromatic carbocycles. The van der Waals surface area contributed by atoms with Crippen LogP contribution in [0, 0.1) is 0 Å². The summed E-state index contributed by atoms with van der Waals surface area (Å²) in [6.45, 7) is 10.3. The third kappa shape index (κ3) is 2.47. The van der Waals surface area contributed by atoms with Crippen molar-refractivity contribution >= 4 is 7.92 Å². The zero-order valence-electron chi connectivity index (χ0n) is 11.7. The third-order valence-electron chi connectivity index (χ3n) is 4.82. The van der Waals surface area contributed by atoms with Crippen LogP contribution in [-0.4, -0.2) is 16.0 Å². The molecular weight excluding hydrogens is 211 g/mol. The van der Waals surface area contributed by atoms with Crippen LogP contribution in [0.1, 0.15) is 79.1 Å². The van der Waals surface area contributed by atoms with Crippen LogP contribution in [-0.2, 0) is 0 Å². The second-order valence-corrected chi connectivity index (χ2v) is 11.0. The summed E-state index contributed by atoms with van der Waals surface area (Å²) in [5.41, 5.74) is 1.09. The van der Waals surface area contributed by atoms with E-state index in [2.05, 4.69) is 27.7 Å². The molecule has 1 aliphatic carbocycles. The Bertz CT molecular complexity index is 220. The van der Waals surface area contributed by atoms with Crippen LogP contribution in [0.15, 0.2) is 0 Å². The zero-order valence-corrected chi connectivity index (χ0v) is 12.6. The van der Waals surface area contributed by atoms with Crippen molar-refractivity contribution in [1.29, 1.82) is 0 Å². The predicted octanol–water partition coefficient (Wildman–Crippen LogP) is 5.54. The molecule has 0 bridgehead atoms. The van der Waals surface area contributed by atoms with Gasteiger partial charge in [0.15, 0.2) is 0 Å². The molecule has 0 nitrogen and oxygen atoms in total. The van der Waals surface area contributed by atoms with Crippen LogP contribution in [0.2, 0.25) is 0 Å². The summed E-state index contributed by atoms with van der Waals surface area (Å²) >= 11 is 0. The Kier molecular flexibility index (Phi) is 3.70. The Hall–Kier alpha value is 0.430. The molecule has 0 amide bonds. The van der Waals surface area contributed by atoms with Crippen LogP contribution in [0.5, 0.6) is 0 Å². The van der Waals surface area contributed by atoms with E-state index in [0.29, 0.717) is 10.3 Å². The summed E-state index contributed by atoms with van der Waals surface area (Å²) in [4.78, 5) is 0. The first-order valence-corrected chi connectivity index (χ1v) is 8.64. The molecule has 0 unspecified atom stereocenters. The first-order chi connectivity index (χ1) is 7.43. The largest absolute Gasteiger partial charge is 0.0919 e. The fourth-order valence-corrected chi connectivity index (χ4v) is 9.64. The molecule has 1 heterocycles. The quantitative estimate of drug-likeness (QED) is 0.528. The molecule has 1 aliphatic heterocycles. The molecule has 2 rings (SSSR count). The van der Waals surface area contributed by atoms with Gasteiger partial charge in [0.1, 0.15) is 0 Å². The highest BCUT2D eigenvalue weighted by atomic mass is 31.1. The topological polar surface area (TPSA) is 0 Å². The highest BCUT2D eigenvalue weighted by Gasteiger charge is 2.46. The van der Waals surface area contributed by atoms with Crippen LogP contribution < -0.4 is 0 Å². The Morgan fingerprint density at radius 1 is 0.750 bits per heavy atom. The van der Waals surface area contributed by atoms with E-state index in [9.17, 15) is 0 Å². The molecule has 0 radical (unpaired) electrons. The van der Waals surface area contributed by atoms with E-state index >= 15 is 0 Å². The van der Waals surface area contributed by atoms with Gasteiger partial charge >= 0.3 is 0 Å². The van der Waals surface area contributed by atoms with Gasteiger partial charge in [-0.25, -0.2) is 0 Å².